The lowest BCUT2D eigenvalue weighted by Crippen LogP contribution is -2.45. The third kappa shape index (κ3) is 1.82. The summed E-state index contributed by atoms with van der Waals surface area (Å²) in [6.45, 7) is 0. The fourth-order valence-electron chi connectivity index (χ4n) is 2.63. The molecule has 3 fully saturated rings. The number of ether oxygens (including phenoxy) is 2. The zero-order valence-corrected chi connectivity index (χ0v) is 11.1. The molecule has 0 radical (unpaired) electrons. The molecule has 3 rings (SSSR count). The molecule has 2 bridgehead atoms. The maximum atomic E-state index is 13.0. The summed E-state index contributed by atoms with van der Waals surface area (Å²) in [6.07, 6.45) is -4.30. The second kappa shape index (κ2) is 4.16. The lowest BCUT2D eigenvalue weighted by atomic mass is 9.94. The Kier molecular flexibility index (Phi) is 2.97. The van der Waals surface area contributed by atoms with E-state index in [4.69, 9.17) is 13.5 Å². The predicted octanol–water partition coefficient (Wildman–Crippen LogP) is -1.02. The second-order valence-corrected chi connectivity index (χ2v) is 7.40. The van der Waals surface area contributed by atoms with Crippen molar-refractivity contribution in [2.75, 3.05) is 0 Å². The third-order valence-electron chi connectivity index (χ3n) is 3.49. The summed E-state index contributed by atoms with van der Waals surface area (Å²) in [5, 5.41) is -5.49. The van der Waals surface area contributed by atoms with Crippen LogP contribution in [0.4, 0.5) is 8.78 Å². The maximum absolute atomic E-state index is 13.0. The Balaban J connectivity index is 1.79. The van der Waals surface area contributed by atoms with Gasteiger partial charge >= 0.3 is 11.2 Å². The van der Waals surface area contributed by atoms with Gasteiger partial charge in [-0.3, -0.25) is 4.18 Å². The average molecular weight is 334 g/mol. The monoisotopic (exact) mass is 334 g/mol. The van der Waals surface area contributed by atoms with Crippen molar-refractivity contribution in [2.24, 2.45) is 0 Å². The van der Waals surface area contributed by atoms with Gasteiger partial charge in [0.05, 0.1) is 6.10 Å². The molecule has 0 aromatic heterocycles. The molecule has 6 atom stereocenters. The topological polar surface area (TPSA) is 116 Å². The van der Waals surface area contributed by atoms with E-state index in [1.165, 1.54) is 0 Å². The standard InChI is InChI=1S/C8H8F2O8S2/c9-8(10,19(12)13)7(11)17-4-2-1-3-5(16-2)6(4)18-20(3,14)15/h2-6H,1H2,(H,12,13). The van der Waals surface area contributed by atoms with Crippen molar-refractivity contribution >= 4 is 27.2 Å². The zero-order chi connectivity index (χ0) is 14.9. The maximum Gasteiger partial charge on any atom is 0.439 e. The van der Waals surface area contributed by atoms with E-state index in [1.54, 1.807) is 0 Å². The van der Waals surface area contributed by atoms with E-state index in [0.717, 1.165) is 0 Å². The molecule has 8 nitrogen and oxygen atoms in total. The van der Waals surface area contributed by atoms with Crippen LogP contribution in [-0.2, 0) is 39.6 Å². The van der Waals surface area contributed by atoms with Gasteiger partial charge in [0.1, 0.15) is 17.5 Å². The molecular formula is C8H8F2O8S2. The Hall–Kier alpha value is -0.690. The lowest BCUT2D eigenvalue weighted by Gasteiger charge is -2.23. The third-order valence-corrected chi connectivity index (χ3v) is 5.79. The Morgan fingerprint density at radius 1 is 1.40 bits per heavy atom. The van der Waals surface area contributed by atoms with Crippen molar-refractivity contribution < 1.29 is 44.4 Å². The number of fused-ring (bicyclic) bond motifs is 1. The van der Waals surface area contributed by atoms with Gasteiger partial charge in [-0.2, -0.15) is 17.2 Å². The molecule has 3 aliphatic rings. The number of halogens is 2. The summed E-state index contributed by atoms with van der Waals surface area (Å²) in [5.41, 5.74) is 0. The van der Waals surface area contributed by atoms with Gasteiger partial charge in [-0.05, 0) is 6.42 Å². The number of carbonyl (C=O) groups excluding carboxylic acids is 1. The highest BCUT2D eigenvalue weighted by Crippen LogP contribution is 2.48. The molecule has 20 heavy (non-hydrogen) atoms. The number of carbonyl (C=O) groups is 1. The molecule has 6 unspecified atom stereocenters. The minimum absolute atomic E-state index is 0.0325. The lowest BCUT2D eigenvalue weighted by molar-refractivity contribution is -0.172. The van der Waals surface area contributed by atoms with Crippen molar-refractivity contribution in [3.05, 3.63) is 0 Å². The van der Waals surface area contributed by atoms with Gasteiger partial charge in [0, 0.05) is 0 Å². The molecule has 0 aromatic carbocycles. The first-order valence-electron chi connectivity index (χ1n) is 5.42. The Bertz CT molecular complexity index is 589. The van der Waals surface area contributed by atoms with Crippen LogP contribution in [0.3, 0.4) is 0 Å². The Morgan fingerprint density at radius 3 is 2.65 bits per heavy atom. The average Bonchev–Trinajstić information content (AvgIpc) is 2.92. The summed E-state index contributed by atoms with van der Waals surface area (Å²) < 4.78 is 82.1. The second-order valence-electron chi connectivity index (χ2n) is 4.60. The number of rotatable bonds is 3. The molecule has 3 aliphatic heterocycles. The van der Waals surface area contributed by atoms with Crippen LogP contribution in [-0.4, -0.2) is 58.1 Å². The fraction of sp³-hybridized carbons (Fsp3) is 0.875. The van der Waals surface area contributed by atoms with Crippen molar-refractivity contribution in [2.45, 2.75) is 41.3 Å². The van der Waals surface area contributed by atoms with Crippen molar-refractivity contribution in [1.29, 1.82) is 0 Å². The van der Waals surface area contributed by atoms with Gasteiger partial charge < -0.3 is 14.0 Å². The molecule has 0 aromatic rings. The summed E-state index contributed by atoms with van der Waals surface area (Å²) in [4.78, 5) is 11.2. The van der Waals surface area contributed by atoms with Gasteiger partial charge in [-0.15, -0.1) is 0 Å². The highest BCUT2D eigenvalue weighted by molar-refractivity contribution is 7.87. The molecule has 3 saturated heterocycles. The van der Waals surface area contributed by atoms with Gasteiger partial charge in [-0.25, -0.2) is 9.00 Å². The first-order valence-corrected chi connectivity index (χ1v) is 8.00. The fourth-order valence-corrected chi connectivity index (χ4v) is 4.47. The van der Waals surface area contributed by atoms with E-state index < -0.39 is 62.1 Å². The summed E-state index contributed by atoms with van der Waals surface area (Å²) in [6, 6.07) is 0. The molecule has 0 amide bonds. The van der Waals surface area contributed by atoms with E-state index in [0.29, 0.717) is 0 Å². The van der Waals surface area contributed by atoms with Crippen LogP contribution in [0.2, 0.25) is 0 Å². The van der Waals surface area contributed by atoms with E-state index in [-0.39, 0.29) is 6.42 Å². The largest absolute Gasteiger partial charge is 0.451 e. The molecule has 3 heterocycles. The first kappa shape index (κ1) is 14.3. The predicted molar refractivity (Wildman–Crippen MR) is 56.5 cm³/mol. The summed E-state index contributed by atoms with van der Waals surface area (Å²) in [7, 11) is -3.87. The van der Waals surface area contributed by atoms with Gasteiger partial charge in [0.15, 0.2) is 6.10 Å². The van der Waals surface area contributed by atoms with Crippen LogP contribution in [0.5, 0.6) is 0 Å². The highest BCUT2D eigenvalue weighted by atomic mass is 32.2. The minimum Gasteiger partial charge on any atom is -0.451 e. The van der Waals surface area contributed by atoms with E-state index in [1.807, 2.05) is 0 Å². The van der Waals surface area contributed by atoms with Crippen LogP contribution < -0.4 is 0 Å². The smallest absolute Gasteiger partial charge is 0.439 e. The molecule has 1 N–H and O–H groups in total. The van der Waals surface area contributed by atoms with Gasteiger partial charge in [0.25, 0.3) is 10.1 Å². The van der Waals surface area contributed by atoms with Gasteiger partial charge in [0.2, 0.25) is 11.1 Å². The van der Waals surface area contributed by atoms with Crippen LogP contribution in [0.25, 0.3) is 0 Å². The van der Waals surface area contributed by atoms with Crippen LogP contribution in [0, 0.1) is 0 Å². The van der Waals surface area contributed by atoms with Crippen LogP contribution >= 0.6 is 0 Å². The Morgan fingerprint density at radius 2 is 2.05 bits per heavy atom. The summed E-state index contributed by atoms with van der Waals surface area (Å²) >= 11 is -3.73. The van der Waals surface area contributed by atoms with Gasteiger partial charge in [-0.1, -0.05) is 0 Å². The van der Waals surface area contributed by atoms with E-state index >= 15 is 0 Å². The van der Waals surface area contributed by atoms with Crippen molar-refractivity contribution in [3.63, 3.8) is 0 Å². The quantitative estimate of drug-likeness (QED) is 0.396. The first-order chi connectivity index (χ1) is 9.14. The number of alkyl halides is 2. The molecule has 12 heteroatoms. The summed E-state index contributed by atoms with van der Waals surface area (Å²) in [5.74, 6) is -2.22. The molecule has 0 saturated carbocycles. The molecule has 0 spiro atoms. The number of hydrogen-bond donors (Lipinski definition) is 1. The van der Waals surface area contributed by atoms with E-state index in [9.17, 15) is 26.2 Å². The molecule has 114 valence electrons. The number of hydrogen-bond acceptors (Lipinski definition) is 7. The minimum atomic E-state index is -4.60. The SMILES string of the molecule is O=C(OC1C2CC3C(O2)C1OS3(=O)=O)C(F)(F)S(=O)O. The molecule has 0 aliphatic carbocycles. The normalized spacial score (nSPS) is 42.6. The van der Waals surface area contributed by atoms with Crippen LogP contribution in [0.1, 0.15) is 6.42 Å². The van der Waals surface area contributed by atoms with Crippen molar-refractivity contribution in [3.8, 4) is 0 Å². The Labute approximate surface area is 113 Å². The van der Waals surface area contributed by atoms with Crippen LogP contribution in [0.15, 0.2) is 0 Å². The molecular weight excluding hydrogens is 326 g/mol. The number of esters is 1. The zero-order valence-electron chi connectivity index (χ0n) is 9.47. The van der Waals surface area contributed by atoms with Crippen molar-refractivity contribution in [1.82, 2.24) is 0 Å². The van der Waals surface area contributed by atoms with E-state index in [2.05, 4.69) is 4.74 Å². The highest BCUT2D eigenvalue weighted by Gasteiger charge is 2.68.